The minimum absolute atomic E-state index is 0.230. The normalized spacial score (nSPS) is 61.4. The van der Waals surface area contributed by atoms with Crippen molar-refractivity contribution in [2.45, 2.75) is 68.4 Å². The summed E-state index contributed by atoms with van der Waals surface area (Å²) in [6.45, 7) is 0. The zero-order chi connectivity index (χ0) is 20.0. The summed E-state index contributed by atoms with van der Waals surface area (Å²) in [5, 5.41) is -0.879. The number of rotatable bonds is 0. The first-order chi connectivity index (χ1) is 11.4. The first-order valence-corrected chi connectivity index (χ1v) is 12.2. The zero-order valence-corrected chi connectivity index (χ0v) is 21.6. The highest BCUT2D eigenvalue weighted by Gasteiger charge is 3.00. The molecule has 4 aliphatic carbocycles. The van der Waals surface area contributed by atoms with E-state index < -0.39 is 48.7 Å². The van der Waals surface area contributed by atoms with Gasteiger partial charge >= 0.3 is 0 Å². The van der Waals surface area contributed by atoms with Gasteiger partial charge in [0.25, 0.3) is 0 Å². The minimum Gasteiger partial charge on any atom is -0.120 e. The summed E-state index contributed by atoms with van der Waals surface area (Å²) in [5.41, 5.74) is 0. The van der Waals surface area contributed by atoms with Crippen molar-refractivity contribution >= 4 is 139 Å². The predicted octanol–water partition coefficient (Wildman–Crippen LogP) is 8.23. The first kappa shape index (κ1) is 22.7. The fraction of sp³-hybridized carbons (Fsp3) is 1.00. The van der Waals surface area contributed by atoms with Crippen LogP contribution >= 0.6 is 139 Å². The van der Waals surface area contributed by atoms with E-state index in [9.17, 15) is 0 Å². The second-order valence-electron chi connectivity index (χ2n) is 7.70. The van der Waals surface area contributed by atoms with Gasteiger partial charge in [0.2, 0.25) is 0 Å². The molecule has 0 radical (unpaired) electrons. The number of hydrogen-bond donors (Lipinski definition) is 0. The molecule has 0 N–H and O–H groups in total. The van der Waals surface area contributed by atoms with Crippen molar-refractivity contribution in [2.24, 2.45) is 5.92 Å². The van der Waals surface area contributed by atoms with Crippen molar-refractivity contribution in [1.29, 1.82) is 0 Å². The van der Waals surface area contributed by atoms with Crippen LogP contribution in [-0.4, -0.2) is 42.7 Å². The van der Waals surface area contributed by atoms with E-state index in [4.69, 9.17) is 139 Å². The maximum atomic E-state index is 7.15. The maximum Gasteiger partial charge on any atom is 0.186 e. The second-order valence-corrected chi connectivity index (χ2v) is 15.5. The zero-order valence-electron chi connectivity index (χ0n) is 12.5. The highest BCUT2D eigenvalue weighted by Crippen LogP contribution is 2.91. The van der Waals surface area contributed by atoms with E-state index in [0.717, 1.165) is 0 Å². The largest absolute Gasteiger partial charge is 0.186 e. The van der Waals surface area contributed by atoms with Crippen LogP contribution in [0.3, 0.4) is 0 Å². The topological polar surface area (TPSA) is 0 Å². The molecule has 26 heavy (non-hydrogen) atoms. The van der Waals surface area contributed by atoms with E-state index in [0.29, 0.717) is 19.3 Å². The van der Waals surface area contributed by atoms with Crippen molar-refractivity contribution in [3.8, 4) is 0 Å². The number of alkyl halides is 12. The Labute approximate surface area is 211 Å². The summed E-state index contributed by atoms with van der Waals surface area (Å²) < 4.78 is -6.28. The molecule has 4 rings (SSSR count). The SMILES string of the molecule is ClC1CCC2C3(Cl)CC3(Cl)C3(Cl)CC3(Cl)C2(Cl)C(Cl)(Cl)C(Cl)(Cl)C1(Cl)Cl. The summed E-state index contributed by atoms with van der Waals surface area (Å²) in [6.07, 6.45) is 1.28. The van der Waals surface area contributed by atoms with Crippen LogP contribution in [0.2, 0.25) is 0 Å². The van der Waals surface area contributed by atoms with Crippen molar-refractivity contribution in [2.75, 3.05) is 0 Å². The van der Waals surface area contributed by atoms with Crippen LogP contribution in [0.4, 0.5) is 0 Å². The average molecular weight is 604 g/mol. The molecule has 0 spiro atoms. The maximum absolute atomic E-state index is 7.15. The number of fused-ring (bicyclic) bond motifs is 6. The first-order valence-electron chi connectivity index (χ1n) is 7.64. The standard InChI is InChI=1S/C14H10Cl12/c15-6-2-1-5-7(16)3-8(7,17)9(18)4-10(9,19)11(5,20)13(23,24)14(25,26)12(6,21)22/h5-6H,1-4H2. The molecule has 0 aromatic carbocycles. The quantitative estimate of drug-likeness (QED) is 0.245. The molecule has 4 saturated carbocycles. The molecule has 4 aliphatic rings. The van der Waals surface area contributed by atoms with Crippen LogP contribution in [0.5, 0.6) is 0 Å². The molecule has 7 unspecified atom stereocenters. The van der Waals surface area contributed by atoms with E-state index in [-0.39, 0.29) is 6.42 Å². The Kier molecular flexibility index (Phi) is 4.96. The molecule has 7 atom stereocenters. The Morgan fingerprint density at radius 3 is 1.65 bits per heavy atom. The van der Waals surface area contributed by atoms with Gasteiger partial charge in [0.05, 0.1) is 24.9 Å². The molecule has 0 nitrogen and oxygen atoms in total. The molecule has 0 saturated heterocycles. The third kappa shape index (κ3) is 2.03. The predicted molar refractivity (Wildman–Crippen MR) is 118 cm³/mol. The average Bonchev–Trinajstić information content (AvgIpc) is 3.30. The minimum atomic E-state index is -2.20. The molecule has 150 valence electrons. The van der Waals surface area contributed by atoms with Gasteiger partial charge in [-0.25, -0.2) is 0 Å². The van der Waals surface area contributed by atoms with Gasteiger partial charge in [0, 0.05) is 5.92 Å². The van der Waals surface area contributed by atoms with Crippen molar-refractivity contribution in [1.82, 2.24) is 0 Å². The molecular weight excluding hydrogens is 594 g/mol. The van der Waals surface area contributed by atoms with Crippen LogP contribution < -0.4 is 0 Å². The smallest absolute Gasteiger partial charge is 0.120 e. The van der Waals surface area contributed by atoms with Crippen molar-refractivity contribution in [3.63, 3.8) is 0 Å². The van der Waals surface area contributed by atoms with Gasteiger partial charge in [0.1, 0.15) is 4.87 Å². The van der Waals surface area contributed by atoms with Gasteiger partial charge in [0.15, 0.2) is 13.0 Å². The van der Waals surface area contributed by atoms with Crippen LogP contribution in [0.25, 0.3) is 0 Å². The van der Waals surface area contributed by atoms with Crippen molar-refractivity contribution < 1.29 is 0 Å². The summed E-state index contributed by atoms with van der Waals surface area (Å²) in [5.74, 6) is -0.583. The Bertz CT molecular complexity index is 693. The molecule has 0 bridgehead atoms. The van der Waals surface area contributed by atoms with Gasteiger partial charge < -0.3 is 0 Å². The Balaban J connectivity index is 1.97. The van der Waals surface area contributed by atoms with Crippen LogP contribution in [0, 0.1) is 5.92 Å². The van der Waals surface area contributed by atoms with E-state index in [1.165, 1.54) is 0 Å². The Hall–Kier alpha value is 3.48. The van der Waals surface area contributed by atoms with E-state index >= 15 is 0 Å². The fourth-order valence-corrected chi connectivity index (χ4v) is 11.1. The molecule has 0 aromatic rings. The lowest BCUT2D eigenvalue weighted by Gasteiger charge is -2.59. The summed E-state index contributed by atoms with van der Waals surface area (Å²) in [6, 6.07) is 0. The lowest BCUT2D eigenvalue weighted by molar-refractivity contribution is 0.205. The third-order valence-electron chi connectivity index (χ3n) is 6.63. The molecular formula is C14H10Cl12. The lowest BCUT2D eigenvalue weighted by atomic mass is 9.69. The number of hydrogen-bond acceptors (Lipinski definition) is 0. The summed E-state index contributed by atoms with van der Waals surface area (Å²) in [7, 11) is 0. The molecule has 12 heteroatoms. The molecule has 0 amide bonds. The summed E-state index contributed by atoms with van der Waals surface area (Å²) >= 11 is 80.5. The molecule has 4 fully saturated rings. The molecule has 0 heterocycles. The highest BCUT2D eigenvalue weighted by atomic mass is 35.6. The summed E-state index contributed by atoms with van der Waals surface area (Å²) in [4.78, 5) is -6.03. The monoisotopic (exact) mass is 598 g/mol. The van der Waals surface area contributed by atoms with E-state index in [2.05, 4.69) is 0 Å². The van der Waals surface area contributed by atoms with Crippen LogP contribution in [0.15, 0.2) is 0 Å². The van der Waals surface area contributed by atoms with Gasteiger partial charge in [-0.15, -0.1) is 69.6 Å². The number of halogens is 12. The highest BCUT2D eigenvalue weighted by molar-refractivity contribution is 6.73. The Morgan fingerprint density at radius 2 is 1.12 bits per heavy atom. The molecule has 0 aliphatic heterocycles. The van der Waals surface area contributed by atoms with Crippen LogP contribution in [0.1, 0.15) is 25.7 Å². The van der Waals surface area contributed by atoms with Gasteiger partial charge in [-0.1, -0.05) is 69.6 Å². The Morgan fingerprint density at radius 1 is 0.577 bits per heavy atom. The van der Waals surface area contributed by atoms with Gasteiger partial charge in [-0.3, -0.25) is 0 Å². The van der Waals surface area contributed by atoms with Gasteiger partial charge in [-0.05, 0) is 25.7 Å². The third-order valence-corrected chi connectivity index (χ3v) is 16.1. The van der Waals surface area contributed by atoms with E-state index in [1.54, 1.807) is 0 Å². The fourth-order valence-electron chi connectivity index (χ4n) is 4.96. The lowest BCUT2D eigenvalue weighted by Crippen LogP contribution is -2.74. The van der Waals surface area contributed by atoms with Crippen LogP contribution in [-0.2, 0) is 0 Å². The van der Waals surface area contributed by atoms with Crippen molar-refractivity contribution in [3.05, 3.63) is 0 Å². The van der Waals surface area contributed by atoms with Gasteiger partial charge in [-0.2, -0.15) is 0 Å². The second kappa shape index (κ2) is 5.69. The van der Waals surface area contributed by atoms with E-state index in [1.807, 2.05) is 0 Å². The molecule has 0 aromatic heterocycles.